The lowest BCUT2D eigenvalue weighted by Crippen LogP contribution is -2.07. The Morgan fingerprint density at radius 2 is 0.940 bits per heavy atom. The minimum atomic E-state index is 0.283. The Bertz CT molecular complexity index is 2730. The van der Waals surface area contributed by atoms with Crippen LogP contribution in [0, 0.1) is 0 Å². The fourth-order valence-corrected chi connectivity index (χ4v) is 8.13. The quantitative estimate of drug-likeness (QED) is 0.178. The highest BCUT2D eigenvalue weighted by molar-refractivity contribution is 6.09. The maximum absolute atomic E-state index is 2.45. The first-order valence-corrected chi connectivity index (χ1v) is 17.5. The molecule has 10 rings (SSSR count). The first-order valence-electron chi connectivity index (χ1n) is 17.5. The molecule has 0 aliphatic heterocycles. The fraction of sp³-hybridized carbons (Fsp3) is 0.0417. The average molecular weight is 639 g/mol. The van der Waals surface area contributed by atoms with Gasteiger partial charge in [-0.2, -0.15) is 0 Å². The van der Waals surface area contributed by atoms with Crippen molar-refractivity contribution in [1.29, 1.82) is 0 Å². The van der Waals surface area contributed by atoms with Gasteiger partial charge < -0.3 is 9.13 Å². The molecule has 1 unspecified atom stereocenters. The second-order valence-electron chi connectivity index (χ2n) is 13.3. The molecule has 7 aromatic carbocycles. The molecule has 1 atom stereocenters. The predicted octanol–water partition coefficient (Wildman–Crippen LogP) is 12.4. The number of aromatic nitrogens is 2. The van der Waals surface area contributed by atoms with Crippen LogP contribution in [0.4, 0.5) is 0 Å². The van der Waals surface area contributed by atoms with Gasteiger partial charge in [-0.1, -0.05) is 133 Å². The molecular weight excluding hydrogens is 605 g/mol. The van der Waals surface area contributed by atoms with Gasteiger partial charge in [-0.15, -0.1) is 0 Å². The SMILES string of the molecule is C1=CC(c2ccc3c(c2)c2ccccc2n3-c2cccc(-c3ccccc3)c2)Cc2c1n(-c1cccc(-c3ccccc3)c1)c1ccccc21. The molecule has 0 saturated heterocycles. The number of allylic oxidation sites excluding steroid dienone is 1. The van der Waals surface area contributed by atoms with Crippen LogP contribution in [0.1, 0.15) is 22.7 Å². The second-order valence-corrected chi connectivity index (χ2v) is 13.3. The van der Waals surface area contributed by atoms with Crippen LogP contribution >= 0.6 is 0 Å². The molecule has 0 spiro atoms. The first kappa shape index (κ1) is 28.6. The van der Waals surface area contributed by atoms with Crippen LogP contribution in [0.2, 0.25) is 0 Å². The van der Waals surface area contributed by atoms with Crippen molar-refractivity contribution in [1.82, 2.24) is 9.13 Å². The molecule has 236 valence electrons. The van der Waals surface area contributed by atoms with E-state index >= 15 is 0 Å². The van der Waals surface area contributed by atoms with Gasteiger partial charge >= 0.3 is 0 Å². The van der Waals surface area contributed by atoms with Crippen molar-refractivity contribution in [3.63, 3.8) is 0 Å². The Morgan fingerprint density at radius 1 is 0.400 bits per heavy atom. The van der Waals surface area contributed by atoms with Crippen molar-refractivity contribution in [3.8, 4) is 33.6 Å². The molecule has 2 nitrogen and oxygen atoms in total. The first-order chi connectivity index (χ1) is 24.8. The monoisotopic (exact) mass is 638 g/mol. The van der Waals surface area contributed by atoms with Gasteiger partial charge in [0.15, 0.2) is 0 Å². The molecule has 0 saturated carbocycles. The number of hydrogen-bond donors (Lipinski definition) is 0. The highest BCUT2D eigenvalue weighted by Gasteiger charge is 2.24. The summed E-state index contributed by atoms with van der Waals surface area (Å²) < 4.78 is 4.87. The van der Waals surface area contributed by atoms with Gasteiger partial charge in [0.05, 0.1) is 16.6 Å². The number of nitrogens with zero attached hydrogens (tertiary/aromatic N) is 2. The number of fused-ring (bicyclic) bond motifs is 6. The standard InChI is InChI=1S/C48H34N2/c1-3-13-33(14-4-1)35-17-11-19-39(29-35)49-45-23-9-7-21-41(45)43-31-37(25-27-47(43)49)38-26-28-48-44(32-38)42-22-8-10-24-46(42)50(48)40-20-12-18-36(30-40)34-15-5-2-6-16-34/h1-31,38H,32H2. The lowest BCUT2D eigenvalue weighted by molar-refractivity contribution is 0.826. The van der Waals surface area contributed by atoms with Gasteiger partial charge in [-0.3, -0.25) is 0 Å². The Kier molecular flexibility index (Phi) is 6.67. The number of hydrogen-bond acceptors (Lipinski definition) is 0. The molecule has 9 aromatic rings. The van der Waals surface area contributed by atoms with E-state index in [9.17, 15) is 0 Å². The lowest BCUT2D eigenvalue weighted by atomic mass is 9.86. The molecule has 50 heavy (non-hydrogen) atoms. The highest BCUT2D eigenvalue weighted by Crippen LogP contribution is 2.41. The normalized spacial score (nSPS) is 14.0. The zero-order valence-corrected chi connectivity index (χ0v) is 27.6. The van der Waals surface area contributed by atoms with Gasteiger partial charge in [0.2, 0.25) is 0 Å². The van der Waals surface area contributed by atoms with Crippen molar-refractivity contribution in [3.05, 3.63) is 199 Å². The summed E-state index contributed by atoms with van der Waals surface area (Å²) in [6.07, 6.45) is 5.74. The second kappa shape index (κ2) is 11.6. The van der Waals surface area contributed by atoms with Crippen LogP contribution in [0.5, 0.6) is 0 Å². The molecule has 0 radical (unpaired) electrons. The third kappa shape index (κ3) is 4.64. The van der Waals surface area contributed by atoms with Crippen LogP contribution < -0.4 is 0 Å². The van der Waals surface area contributed by atoms with Crippen molar-refractivity contribution in [2.75, 3.05) is 0 Å². The van der Waals surface area contributed by atoms with E-state index in [1.54, 1.807) is 0 Å². The van der Waals surface area contributed by atoms with Gasteiger partial charge in [-0.05, 0) is 94.4 Å². The molecule has 0 amide bonds. The van der Waals surface area contributed by atoms with E-state index in [1.807, 2.05) is 0 Å². The molecule has 2 aromatic heterocycles. The molecule has 0 N–H and O–H groups in total. The summed E-state index contributed by atoms with van der Waals surface area (Å²) >= 11 is 0. The summed E-state index contributed by atoms with van der Waals surface area (Å²) in [5, 5.41) is 3.91. The zero-order valence-electron chi connectivity index (χ0n) is 27.6. The Balaban J connectivity index is 1.07. The van der Waals surface area contributed by atoms with E-state index in [1.165, 1.54) is 83.2 Å². The van der Waals surface area contributed by atoms with Gasteiger partial charge in [0.1, 0.15) is 0 Å². The summed E-state index contributed by atoms with van der Waals surface area (Å²) in [5.41, 5.74) is 15.0. The molecule has 1 aliphatic rings. The fourth-order valence-electron chi connectivity index (χ4n) is 8.13. The maximum atomic E-state index is 2.45. The molecular formula is C48H34N2. The van der Waals surface area contributed by atoms with E-state index < -0.39 is 0 Å². The number of benzene rings is 7. The third-order valence-electron chi connectivity index (χ3n) is 10.5. The summed E-state index contributed by atoms with van der Waals surface area (Å²) in [5.74, 6) is 0.283. The van der Waals surface area contributed by atoms with Gasteiger partial charge in [-0.25, -0.2) is 0 Å². The van der Waals surface area contributed by atoms with Gasteiger partial charge in [0, 0.05) is 39.1 Å². The molecule has 0 bridgehead atoms. The van der Waals surface area contributed by atoms with E-state index in [2.05, 4.69) is 197 Å². The third-order valence-corrected chi connectivity index (χ3v) is 10.5. The smallest absolute Gasteiger partial charge is 0.0541 e. The molecule has 2 heteroatoms. The summed E-state index contributed by atoms with van der Waals surface area (Å²) in [4.78, 5) is 0. The van der Waals surface area contributed by atoms with E-state index in [0.29, 0.717) is 0 Å². The van der Waals surface area contributed by atoms with Crippen molar-refractivity contribution in [2.24, 2.45) is 0 Å². The zero-order chi connectivity index (χ0) is 33.0. The molecule has 0 fully saturated rings. The van der Waals surface area contributed by atoms with Crippen molar-refractivity contribution >= 4 is 38.8 Å². The van der Waals surface area contributed by atoms with Crippen molar-refractivity contribution < 1.29 is 0 Å². The van der Waals surface area contributed by atoms with Gasteiger partial charge in [0.25, 0.3) is 0 Å². The maximum Gasteiger partial charge on any atom is 0.0541 e. The van der Waals surface area contributed by atoms with Crippen LogP contribution in [0.25, 0.3) is 72.4 Å². The van der Waals surface area contributed by atoms with Crippen LogP contribution in [0.3, 0.4) is 0 Å². The predicted molar refractivity (Wildman–Crippen MR) is 210 cm³/mol. The summed E-state index contributed by atoms with van der Waals surface area (Å²) in [7, 11) is 0. The Labute approximate surface area is 291 Å². The van der Waals surface area contributed by atoms with E-state index in [-0.39, 0.29) is 5.92 Å². The van der Waals surface area contributed by atoms with Crippen molar-refractivity contribution in [2.45, 2.75) is 12.3 Å². The van der Waals surface area contributed by atoms with Crippen LogP contribution in [-0.2, 0) is 6.42 Å². The topological polar surface area (TPSA) is 9.86 Å². The number of rotatable bonds is 5. The minimum Gasteiger partial charge on any atom is -0.310 e. The van der Waals surface area contributed by atoms with Crippen LogP contribution in [0.15, 0.2) is 182 Å². The largest absolute Gasteiger partial charge is 0.310 e. The minimum absolute atomic E-state index is 0.283. The van der Waals surface area contributed by atoms with E-state index in [4.69, 9.17) is 0 Å². The highest BCUT2D eigenvalue weighted by atomic mass is 15.0. The molecule has 2 heterocycles. The average Bonchev–Trinajstić information content (AvgIpc) is 3.71. The summed E-state index contributed by atoms with van der Waals surface area (Å²) in [6.45, 7) is 0. The van der Waals surface area contributed by atoms with Crippen LogP contribution in [-0.4, -0.2) is 9.13 Å². The Morgan fingerprint density at radius 3 is 1.62 bits per heavy atom. The van der Waals surface area contributed by atoms with E-state index in [0.717, 1.165) is 6.42 Å². The summed E-state index contributed by atoms with van der Waals surface area (Å²) in [6, 6.07) is 64.0. The number of para-hydroxylation sites is 2. The molecule has 1 aliphatic carbocycles. The lowest BCUT2D eigenvalue weighted by Gasteiger charge is -2.20. The Hall–Kier alpha value is -6.38.